The highest BCUT2D eigenvalue weighted by Gasteiger charge is 2.31. The Morgan fingerprint density at radius 1 is 1.09 bits per heavy atom. The second-order valence-electron chi connectivity index (χ2n) is 7.71. The second kappa shape index (κ2) is 10.5. The van der Waals surface area contributed by atoms with Gasteiger partial charge >= 0.3 is 6.18 Å². The number of ether oxygens (including phenoxy) is 1. The number of unbranched alkanes of at least 4 members (excludes halogenated alkanes) is 1. The summed E-state index contributed by atoms with van der Waals surface area (Å²) in [5, 5.41) is 13.7. The summed E-state index contributed by atoms with van der Waals surface area (Å²) >= 11 is 0. The lowest BCUT2D eigenvalue weighted by atomic mass is 9.96. The van der Waals surface area contributed by atoms with Crippen molar-refractivity contribution in [2.45, 2.75) is 51.9 Å². The lowest BCUT2D eigenvalue weighted by Crippen LogP contribution is -2.21. The normalized spacial score (nSPS) is 11.5. The molecule has 0 aliphatic rings. The van der Waals surface area contributed by atoms with Crippen molar-refractivity contribution < 1.29 is 17.9 Å². The fourth-order valence-electron chi connectivity index (χ4n) is 3.78. The average molecular weight is 441 g/mol. The van der Waals surface area contributed by atoms with Crippen molar-refractivity contribution >= 4 is 0 Å². The summed E-state index contributed by atoms with van der Waals surface area (Å²) in [6.07, 6.45) is -1.48. The lowest BCUT2D eigenvalue weighted by molar-refractivity contribution is -0.143. The van der Waals surface area contributed by atoms with Crippen molar-refractivity contribution in [1.82, 2.24) is 9.78 Å². The van der Waals surface area contributed by atoms with Crippen LogP contribution in [0.4, 0.5) is 13.2 Å². The molecule has 0 aliphatic heterocycles. The number of hydrogen-bond donors (Lipinski definition) is 0. The summed E-state index contributed by atoms with van der Waals surface area (Å²) in [5.41, 5.74) is 5.29. The van der Waals surface area contributed by atoms with Crippen molar-refractivity contribution in [2.75, 3.05) is 7.11 Å². The van der Waals surface area contributed by atoms with Crippen LogP contribution < -0.4 is 0 Å². The van der Waals surface area contributed by atoms with Crippen LogP contribution in [0.3, 0.4) is 0 Å². The van der Waals surface area contributed by atoms with E-state index in [1.54, 1.807) is 6.07 Å². The summed E-state index contributed by atoms with van der Waals surface area (Å²) in [7, 11) is 1.47. The molecule has 0 fully saturated rings. The van der Waals surface area contributed by atoms with Crippen LogP contribution in [-0.4, -0.2) is 23.1 Å². The van der Waals surface area contributed by atoms with Crippen molar-refractivity contribution in [1.29, 1.82) is 5.26 Å². The Kier molecular flexibility index (Phi) is 7.70. The summed E-state index contributed by atoms with van der Waals surface area (Å²) < 4.78 is 45.6. The number of aromatic nitrogens is 2. The predicted octanol–water partition coefficient (Wildman–Crippen LogP) is 6.06. The summed E-state index contributed by atoms with van der Waals surface area (Å²) in [6, 6.07) is 17.4. The van der Waals surface area contributed by atoms with Gasteiger partial charge in [0.1, 0.15) is 6.54 Å². The molecule has 0 radical (unpaired) electrons. The predicted molar refractivity (Wildman–Crippen MR) is 117 cm³/mol. The molecule has 3 rings (SSSR count). The first-order chi connectivity index (χ1) is 15.4. The number of nitriles is 1. The maximum Gasteiger partial charge on any atom is 0.408 e. The third-order valence-corrected chi connectivity index (χ3v) is 5.32. The van der Waals surface area contributed by atoms with Crippen molar-refractivity contribution in [3.63, 3.8) is 0 Å². The van der Waals surface area contributed by atoms with Crippen LogP contribution in [0.15, 0.2) is 48.5 Å². The van der Waals surface area contributed by atoms with Gasteiger partial charge in [0.15, 0.2) is 0 Å². The molecule has 1 heterocycles. The third kappa shape index (κ3) is 5.77. The zero-order chi connectivity index (χ0) is 23.1. The van der Waals surface area contributed by atoms with E-state index in [0.29, 0.717) is 29.8 Å². The highest BCUT2D eigenvalue weighted by molar-refractivity contribution is 5.70. The van der Waals surface area contributed by atoms with Crippen LogP contribution in [0.25, 0.3) is 11.1 Å². The molecule has 0 N–H and O–H groups in total. The summed E-state index contributed by atoms with van der Waals surface area (Å²) in [5.74, 6) is 0. The standard InChI is InChI=1S/C25H26F3N3O/c1-3-4-9-23-22(24(16-32-2)31(30-23)17-25(26,27)28)14-18-10-12-19(13-11-18)21-8-6-5-7-20(21)15-29/h5-8,10-13H,3-4,9,14,16-17H2,1-2H3. The van der Waals surface area contributed by atoms with E-state index >= 15 is 0 Å². The SMILES string of the molecule is CCCCc1nn(CC(F)(F)F)c(COC)c1Cc1ccc(-c2ccccc2C#N)cc1. The molecule has 3 aromatic rings. The number of rotatable bonds is 9. The monoisotopic (exact) mass is 441 g/mol. The molecular weight excluding hydrogens is 415 g/mol. The van der Waals surface area contributed by atoms with Gasteiger partial charge in [-0.2, -0.15) is 23.5 Å². The van der Waals surface area contributed by atoms with E-state index < -0.39 is 12.7 Å². The highest BCUT2D eigenvalue weighted by atomic mass is 19.4. The first kappa shape index (κ1) is 23.6. The molecule has 0 saturated heterocycles. The molecule has 168 valence electrons. The molecule has 0 amide bonds. The Balaban J connectivity index is 1.95. The minimum absolute atomic E-state index is 0.0676. The van der Waals surface area contributed by atoms with Gasteiger partial charge in [-0.1, -0.05) is 55.8 Å². The molecule has 2 aromatic carbocycles. The summed E-state index contributed by atoms with van der Waals surface area (Å²) in [4.78, 5) is 0. The smallest absolute Gasteiger partial charge is 0.378 e. The van der Waals surface area contributed by atoms with E-state index in [1.807, 2.05) is 49.4 Å². The van der Waals surface area contributed by atoms with Crippen LogP contribution in [0.5, 0.6) is 0 Å². The molecule has 0 bridgehead atoms. The van der Waals surface area contributed by atoms with Crippen molar-refractivity contribution in [3.8, 4) is 17.2 Å². The topological polar surface area (TPSA) is 50.8 Å². The Morgan fingerprint density at radius 2 is 1.81 bits per heavy atom. The van der Waals surface area contributed by atoms with Gasteiger partial charge < -0.3 is 4.74 Å². The second-order valence-corrected chi connectivity index (χ2v) is 7.71. The highest BCUT2D eigenvalue weighted by Crippen LogP contribution is 2.27. The zero-order valence-corrected chi connectivity index (χ0v) is 18.2. The van der Waals surface area contributed by atoms with Crippen molar-refractivity contribution in [2.24, 2.45) is 0 Å². The van der Waals surface area contributed by atoms with Crippen LogP contribution >= 0.6 is 0 Å². The number of nitrogens with zero attached hydrogens (tertiary/aromatic N) is 3. The largest absolute Gasteiger partial charge is 0.408 e. The van der Waals surface area contributed by atoms with E-state index in [9.17, 15) is 18.4 Å². The fraction of sp³-hybridized carbons (Fsp3) is 0.360. The number of halogens is 3. The van der Waals surface area contributed by atoms with Crippen LogP contribution in [0.2, 0.25) is 0 Å². The van der Waals surface area contributed by atoms with Gasteiger partial charge in [-0.25, -0.2) is 0 Å². The summed E-state index contributed by atoms with van der Waals surface area (Å²) in [6.45, 7) is 0.979. The van der Waals surface area contributed by atoms with Crippen molar-refractivity contribution in [3.05, 3.63) is 76.6 Å². The van der Waals surface area contributed by atoms with E-state index in [1.165, 1.54) is 7.11 Å². The van der Waals surface area contributed by atoms with Crippen LogP contribution in [-0.2, 0) is 30.7 Å². The third-order valence-electron chi connectivity index (χ3n) is 5.32. The molecular formula is C25H26F3N3O. The van der Waals surface area contributed by atoms with Gasteiger partial charge in [-0.15, -0.1) is 0 Å². The van der Waals surface area contributed by atoms with E-state index in [4.69, 9.17) is 4.74 Å². The fourth-order valence-corrected chi connectivity index (χ4v) is 3.78. The number of methoxy groups -OCH3 is 1. The molecule has 0 spiro atoms. The van der Waals surface area contributed by atoms with Crippen LogP contribution in [0.1, 0.15) is 47.8 Å². The van der Waals surface area contributed by atoms with Gasteiger partial charge in [-0.3, -0.25) is 4.68 Å². The molecule has 7 heteroatoms. The van der Waals surface area contributed by atoms with E-state index in [-0.39, 0.29) is 6.61 Å². The zero-order valence-electron chi connectivity index (χ0n) is 18.2. The van der Waals surface area contributed by atoms with E-state index in [2.05, 4.69) is 11.2 Å². The molecule has 0 unspecified atom stereocenters. The number of benzene rings is 2. The minimum atomic E-state index is -4.36. The van der Waals surface area contributed by atoms with Gasteiger partial charge in [0.2, 0.25) is 0 Å². The maximum absolute atomic E-state index is 13.1. The minimum Gasteiger partial charge on any atom is -0.378 e. The quantitative estimate of drug-likeness (QED) is 0.405. The van der Waals surface area contributed by atoms with Gasteiger partial charge in [0, 0.05) is 19.1 Å². The Morgan fingerprint density at radius 3 is 2.44 bits per heavy atom. The molecule has 1 aromatic heterocycles. The maximum atomic E-state index is 13.1. The molecule has 0 saturated carbocycles. The molecule has 4 nitrogen and oxygen atoms in total. The van der Waals surface area contributed by atoms with Gasteiger partial charge in [0.05, 0.1) is 29.6 Å². The lowest BCUT2D eigenvalue weighted by Gasteiger charge is -2.12. The molecule has 0 aliphatic carbocycles. The first-order valence-electron chi connectivity index (χ1n) is 10.6. The average Bonchev–Trinajstić information content (AvgIpc) is 3.07. The Hall–Kier alpha value is -3.11. The number of aryl methyl sites for hydroxylation is 1. The molecule has 0 atom stereocenters. The number of alkyl halides is 3. The van der Waals surface area contributed by atoms with Gasteiger partial charge in [0.25, 0.3) is 0 Å². The van der Waals surface area contributed by atoms with Crippen LogP contribution in [0, 0.1) is 11.3 Å². The van der Waals surface area contributed by atoms with Gasteiger partial charge in [-0.05, 0) is 35.6 Å². The Labute approximate surface area is 186 Å². The first-order valence-corrected chi connectivity index (χ1v) is 10.6. The van der Waals surface area contributed by atoms with E-state index in [0.717, 1.165) is 39.8 Å². The molecule has 32 heavy (non-hydrogen) atoms. The number of hydrogen-bond acceptors (Lipinski definition) is 3. The Bertz CT molecular complexity index is 1080.